The molecule has 4 nitrogen and oxygen atoms in total. The average molecular weight is 356 g/mol. The van der Waals surface area contributed by atoms with E-state index in [0.717, 1.165) is 5.56 Å². The summed E-state index contributed by atoms with van der Waals surface area (Å²) >= 11 is 5.90. The molecule has 0 heterocycles. The summed E-state index contributed by atoms with van der Waals surface area (Å²) in [5.41, 5.74) is 1.29. The summed E-state index contributed by atoms with van der Waals surface area (Å²) in [6, 6.07) is 11.4. The second-order valence-electron chi connectivity index (χ2n) is 4.88. The maximum Gasteiger partial charge on any atom is 0.387 e. The fraction of sp³-hybridized carbons (Fsp3) is 0.235. The molecular formula is C17H16ClF2NO3. The quantitative estimate of drug-likeness (QED) is 0.818. The first-order valence-electron chi connectivity index (χ1n) is 7.15. The number of ether oxygens (including phenoxy) is 2. The van der Waals surface area contributed by atoms with E-state index in [-0.39, 0.29) is 17.4 Å². The predicted octanol–water partition coefficient (Wildman–Crippen LogP) is 3.92. The minimum absolute atomic E-state index is 0.0674. The topological polar surface area (TPSA) is 47.6 Å². The lowest BCUT2D eigenvalue weighted by Crippen LogP contribution is -2.25. The van der Waals surface area contributed by atoms with Crippen LogP contribution in [0.1, 0.15) is 15.9 Å². The van der Waals surface area contributed by atoms with E-state index in [2.05, 4.69) is 10.1 Å². The second kappa shape index (κ2) is 8.49. The molecule has 2 aromatic rings. The Balaban J connectivity index is 1.96. The zero-order valence-electron chi connectivity index (χ0n) is 12.9. The summed E-state index contributed by atoms with van der Waals surface area (Å²) in [4.78, 5) is 12.1. The van der Waals surface area contributed by atoms with Crippen molar-refractivity contribution in [1.29, 1.82) is 0 Å². The Morgan fingerprint density at radius 1 is 1.21 bits per heavy atom. The first kappa shape index (κ1) is 18.0. The van der Waals surface area contributed by atoms with Gasteiger partial charge in [0.05, 0.1) is 7.11 Å². The molecular weight excluding hydrogens is 340 g/mol. The summed E-state index contributed by atoms with van der Waals surface area (Å²) in [5, 5.41) is 3.39. The van der Waals surface area contributed by atoms with E-state index in [4.69, 9.17) is 16.3 Å². The summed E-state index contributed by atoms with van der Waals surface area (Å²) < 4.78 is 33.9. The number of methoxy groups -OCH3 is 1. The number of hydrogen-bond donors (Lipinski definition) is 1. The highest BCUT2D eigenvalue weighted by Crippen LogP contribution is 2.29. The average Bonchev–Trinajstić information content (AvgIpc) is 2.54. The molecule has 0 saturated carbocycles. The number of carbonyl (C=O) groups excluding carboxylic acids is 1. The van der Waals surface area contributed by atoms with Crippen molar-refractivity contribution in [2.24, 2.45) is 0 Å². The van der Waals surface area contributed by atoms with Crippen molar-refractivity contribution < 1.29 is 23.0 Å². The van der Waals surface area contributed by atoms with Gasteiger partial charge in [-0.2, -0.15) is 8.78 Å². The van der Waals surface area contributed by atoms with Gasteiger partial charge in [0, 0.05) is 17.1 Å². The number of rotatable bonds is 7. The fourth-order valence-corrected chi connectivity index (χ4v) is 2.33. The van der Waals surface area contributed by atoms with Gasteiger partial charge in [-0.1, -0.05) is 23.7 Å². The van der Waals surface area contributed by atoms with E-state index in [0.29, 0.717) is 23.6 Å². The van der Waals surface area contributed by atoms with Crippen molar-refractivity contribution in [3.8, 4) is 11.5 Å². The Hall–Kier alpha value is -2.34. The third-order valence-corrected chi connectivity index (χ3v) is 3.47. The highest BCUT2D eigenvalue weighted by molar-refractivity contribution is 6.30. The second-order valence-corrected chi connectivity index (χ2v) is 5.32. The van der Waals surface area contributed by atoms with Crippen LogP contribution in [0.2, 0.25) is 5.02 Å². The Kier molecular flexibility index (Phi) is 6.37. The molecule has 0 aliphatic carbocycles. The molecule has 0 spiro atoms. The van der Waals surface area contributed by atoms with Crippen LogP contribution in [-0.2, 0) is 6.42 Å². The Labute approximate surface area is 143 Å². The molecule has 0 saturated heterocycles. The molecule has 24 heavy (non-hydrogen) atoms. The summed E-state index contributed by atoms with van der Waals surface area (Å²) in [5.74, 6) is -0.389. The van der Waals surface area contributed by atoms with Crippen molar-refractivity contribution >= 4 is 17.5 Å². The van der Waals surface area contributed by atoms with E-state index in [1.54, 1.807) is 6.07 Å². The van der Waals surface area contributed by atoms with Crippen LogP contribution in [-0.4, -0.2) is 26.2 Å². The van der Waals surface area contributed by atoms with E-state index < -0.39 is 6.61 Å². The molecule has 0 aliphatic heterocycles. The molecule has 0 radical (unpaired) electrons. The van der Waals surface area contributed by atoms with E-state index in [9.17, 15) is 13.6 Å². The lowest BCUT2D eigenvalue weighted by atomic mass is 10.1. The number of carbonyl (C=O) groups is 1. The van der Waals surface area contributed by atoms with E-state index in [1.807, 2.05) is 18.2 Å². The molecule has 2 rings (SSSR count). The molecule has 0 atom stereocenters. The van der Waals surface area contributed by atoms with Crippen LogP contribution in [0.25, 0.3) is 0 Å². The molecule has 0 unspecified atom stereocenters. The molecule has 0 aliphatic rings. The molecule has 0 bridgehead atoms. The summed E-state index contributed by atoms with van der Waals surface area (Å²) in [7, 11) is 1.31. The van der Waals surface area contributed by atoms with Crippen LogP contribution in [0.15, 0.2) is 42.5 Å². The van der Waals surface area contributed by atoms with Crippen molar-refractivity contribution in [3.05, 3.63) is 58.6 Å². The van der Waals surface area contributed by atoms with Crippen LogP contribution < -0.4 is 14.8 Å². The maximum atomic E-state index is 12.3. The first-order valence-corrected chi connectivity index (χ1v) is 7.53. The SMILES string of the molecule is COc1cc(C(=O)NCCc2cccc(Cl)c2)ccc1OC(F)F. The maximum absolute atomic E-state index is 12.3. The third kappa shape index (κ3) is 5.09. The zero-order valence-corrected chi connectivity index (χ0v) is 13.6. The van der Waals surface area contributed by atoms with Gasteiger partial charge in [0.2, 0.25) is 0 Å². The van der Waals surface area contributed by atoms with Gasteiger partial charge in [-0.25, -0.2) is 0 Å². The molecule has 1 amide bonds. The Bertz CT molecular complexity index is 710. The van der Waals surface area contributed by atoms with Gasteiger partial charge in [-0.15, -0.1) is 0 Å². The van der Waals surface area contributed by atoms with Crippen molar-refractivity contribution in [3.63, 3.8) is 0 Å². The van der Waals surface area contributed by atoms with Crippen molar-refractivity contribution in [2.45, 2.75) is 13.0 Å². The molecule has 7 heteroatoms. The third-order valence-electron chi connectivity index (χ3n) is 3.23. The normalized spacial score (nSPS) is 10.5. The van der Waals surface area contributed by atoms with Gasteiger partial charge in [0.1, 0.15) is 0 Å². The highest BCUT2D eigenvalue weighted by Gasteiger charge is 2.14. The summed E-state index contributed by atoms with van der Waals surface area (Å²) in [6.45, 7) is -2.55. The Morgan fingerprint density at radius 3 is 2.67 bits per heavy atom. The van der Waals surface area contributed by atoms with Gasteiger partial charge >= 0.3 is 6.61 Å². The lowest BCUT2D eigenvalue weighted by molar-refractivity contribution is -0.0512. The van der Waals surface area contributed by atoms with Gasteiger partial charge in [0.25, 0.3) is 5.91 Å². The largest absolute Gasteiger partial charge is 0.493 e. The first-order chi connectivity index (χ1) is 11.5. The number of benzene rings is 2. The number of hydrogen-bond acceptors (Lipinski definition) is 3. The fourth-order valence-electron chi connectivity index (χ4n) is 2.12. The minimum atomic E-state index is -2.96. The van der Waals surface area contributed by atoms with Gasteiger partial charge in [-0.05, 0) is 42.3 Å². The minimum Gasteiger partial charge on any atom is -0.493 e. The van der Waals surface area contributed by atoms with Crippen molar-refractivity contribution in [1.82, 2.24) is 5.32 Å². The van der Waals surface area contributed by atoms with E-state index >= 15 is 0 Å². The number of nitrogens with one attached hydrogen (secondary N) is 1. The van der Waals surface area contributed by atoms with Crippen molar-refractivity contribution in [2.75, 3.05) is 13.7 Å². The van der Waals surface area contributed by atoms with Gasteiger partial charge in [0.15, 0.2) is 11.5 Å². The lowest BCUT2D eigenvalue weighted by Gasteiger charge is -2.11. The van der Waals surface area contributed by atoms with Crippen LogP contribution in [0.4, 0.5) is 8.78 Å². The van der Waals surface area contributed by atoms with Gasteiger partial charge in [-0.3, -0.25) is 4.79 Å². The Morgan fingerprint density at radius 2 is 2.00 bits per heavy atom. The summed E-state index contributed by atoms with van der Waals surface area (Å²) in [6.07, 6.45) is 0.621. The monoisotopic (exact) mass is 355 g/mol. The standard InChI is InChI=1S/C17H16ClF2NO3/c1-23-15-10-12(5-6-14(15)24-17(19)20)16(22)21-8-7-11-3-2-4-13(18)9-11/h2-6,9-10,17H,7-8H2,1H3,(H,21,22). The van der Waals surface area contributed by atoms with Crippen LogP contribution in [0, 0.1) is 0 Å². The van der Waals surface area contributed by atoms with Crippen LogP contribution >= 0.6 is 11.6 Å². The molecule has 2 aromatic carbocycles. The number of alkyl halides is 2. The number of amides is 1. The molecule has 128 valence electrons. The van der Waals surface area contributed by atoms with E-state index in [1.165, 1.54) is 25.3 Å². The highest BCUT2D eigenvalue weighted by atomic mass is 35.5. The predicted molar refractivity (Wildman–Crippen MR) is 87.1 cm³/mol. The molecule has 0 fully saturated rings. The number of halogens is 3. The van der Waals surface area contributed by atoms with Gasteiger partial charge < -0.3 is 14.8 Å². The van der Waals surface area contributed by atoms with Crippen LogP contribution in [0.5, 0.6) is 11.5 Å². The smallest absolute Gasteiger partial charge is 0.387 e. The zero-order chi connectivity index (χ0) is 17.5. The molecule has 0 aromatic heterocycles. The van der Waals surface area contributed by atoms with Crippen LogP contribution in [0.3, 0.4) is 0 Å². The molecule has 1 N–H and O–H groups in total.